The molecule has 0 saturated carbocycles. The van der Waals surface area contributed by atoms with Crippen LogP contribution in [0.1, 0.15) is 10.6 Å². The van der Waals surface area contributed by atoms with Crippen LogP contribution in [0.3, 0.4) is 0 Å². The first kappa shape index (κ1) is 13.0. The van der Waals surface area contributed by atoms with Gasteiger partial charge < -0.3 is 9.52 Å². The fraction of sp³-hybridized carbons (Fsp3) is 0. The maximum Gasteiger partial charge on any atom is 0.372 e. The van der Waals surface area contributed by atoms with E-state index in [1.54, 1.807) is 6.07 Å². The van der Waals surface area contributed by atoms with Crippen LogP contribution in [-0.4, -0.2) is 11.1 Å². The fourth-order valence-corrected chi connectivity index (χ4v) is 2.70. The van der Waals surface area contributed by atoms with Crippen molar-refractivity contribution in [2.24, 2.45) is 0 Å². The van der Waals surface area contributed by atoms with Crippen LogP contribution in [0.15, 0.2) is 46.9 Å². The zero-order chi connectivity index (χ0) is 14.3. The SMILES string of the molecule is O=C(O)c1oc2c(Cl)cc(Cl)cc2c1-c1ccccc1. The Morgan fingerprint density at radius 2 is 1.80 bits per heavy atom. The molecule has 0 atom stereocenters. The second-order valence-electron chi connectivity index (χ2n) is 4.24. The summed E-state index contributed by atoms with van der Waals surface area (Å²) in [5.74, 6) is -1.29. The molecule has 0 radical (unpaired) electrons. The van der Waals surface area contributed by atoms with Gasteiger partial charge in [0, 0.05) is 16.0 Å². The molecule has 0 aliphatic carbocycles. The Balaban J connectivity index is 2.44. The van der Waals surface area contributed by atoms with Crippen molar-refractivity contribution in [3.05, 3.63) is 58.3 Å². The molecule has 100 valence electrons. The summed E-state index contributed by atoms with van der Waals surface area (Å²) in [5.41, 5.74) is 1.55. The molecule has 0 unspecified atom stereocenters. The van der Waals surface area contributed by atoms with Crippen LogP contribution in [0.4, 0.5) is 0 Å². The van der Waals surface area contributed by atoms with Crippen LogP contribution in [-0.2, 0) is 0 Å². The van der Waals surface area contributed by atoms with Crippen LogP contribution >= 0.6 is 23.2 Å². The van der Waals surface area contributed by atoms with Crippen LogP contribution in [0.2, 0.25) is 10.0 Å². The van der Waals surface area contributed by atoms with Gasteiger partial charge in [0.1, 0.15) is 0 Å². The van der Waals surface area contributed by atoms with E-state index in [1.807, 2.05) is 30.3 Å². The molecule has 2 aromatic carbocycles. The zero-order valence-electron chi connectivity index (χ0n) is 10.1. The van der Waals surface area contributed by atoms with Crippen molar-refractivity contribution < 1.29 is 14.3 Å². The fourth-order valence-electron chi connectivity index (χ4n) is 2.17. The first-order valence-corrected chi connectivity index (χ1v) is 6.54. The molecular formula is C15H8Cl2O3. The van der Waals surface area contributed by atoms with E-state index in [-0.39, 0.29) is 10.8 Å². The van der Waals surface area contributed by atoms with Crippen molar-refractivity contribution in [2.75, 3.05) is 0 Å². The Morgan fingerprint density at radius 1 is 1.10 bits per heavy atom. The van der Waals surface area contributed by atoms with E-state index < -0.39 is 5.97 Å². The van der Waals surface area contributed by atoms with Crippen LogP contribution in [0.5, 0.6) is 0 Å². The number of carbonyl (C=O) groups is 1. The Kier molecular flexibility index (Phi) is 3.16. The van der Waals surface area contributed by atoms with E-state index in [4.69, 9.17) is 27.6 Å². The van der Waals surface area contributed by atoms with Gasteiger partial charge in [0.05, 0.1) is 5.02 Å². The molecule has 0 fully saturated rings. The van der Waals surface area contributed by atoms with E-state index >= 15 is 0 Å². The summed E-state index contributed by atoms with van der Waals surface area (Å²) in [5, 5.41) is 10.6. The van der Waals surface area contributed by atoms with Gasteiger partial charge in [-0.3, -0.25) is 0 Å². The maximum absolute atomic E-state index is 11.4. The number of hydrogen-bond acceptors (Lipinski definition) is 2. The highest BCUT2D eigenvalue weighted by molar-refractivity contribution is 6.38. The Morgan fingerprint density at radius 3 is 2.45 bits per heavy atom. The van der Waals surface area contributed by atoms with Gasteiger partial charge in [-0.2, -0.15) is 0 Å². The molecule has 3 rings (SSSR count). The number of rotatable bonds is 2. The van der Waals surface area contributed by atoms with Gasteiger partial charge in [-0.25, -0.2) is 4.79 Å². The number of hydrogen-bond donors (Lipinski definition) is 1. The van der Waals surface area contributed by atoms with E-state index in [1.165, 1.54) is 6.07 Å². The van der Waals surface area contributed by atoms with Crippen molar-refractivity contribution >= 4 is 40.1 Å². The second-order valence-corrected chi connectivity index (χ2v) is 5.09. The zero-order valence-corrected chi connectivity index (χ0v) is 11.6. The molecular weight excluding hydrogens is 299 g/mol. The molecule has 0 spiro atoms. The number of furan rings is 1. The van der Waals surface area contributed by atoms with Crippen LogP contribution < -0.4 is 0 Å². The lowest BCUT2D eigenvalue weighted by Gasteiger charge is -2.00. The third-order valence-corrected chi connectivity index (χ3v) is 3.46. The lowest BCUT2D eigenvalue weighted by atomic mass is 10.0. The van der Waals surface area contributed by atoms with Gasteiger partial charge in [-0.05, 0) is 17.7 Å². The molecule has 0 aliphatic rings. The van der Waals surface area contributed by atoms with Crippen LogP contribution in [0.25, 0.3) is 22.1 Å². The van der Waals surface area contributed by atoms with Crippen molar-refractivity contribution in [1.29, 1.82) is 0 Å². The first-order chi connectivity index (χ1) is 9.58. The van der Waals surface area contributed by atoms with E-state index in [0.29, 0.717) is 21.6 Å². The van der Waals surface area contributed by atoms with Crippen molar-refractivity contribution in [3.63, 3.8) is 0 Å². The number of aromatic carboxylic acids is 1. The summed E-state index contributed by atoms with van der Waals surface area (Å²) < 4.78 is 5.41. The highest BCUT2D eigenvalue weighted by Crippen LogP contribution is 2.39. The number of halogens is 2. The number of fused-ring (bicyclic) bond motifs is 1. The van der Waals surface area contributed by atoms with E-state index in [2.05, 4.69) is 0 Å². The van der Waals surface area contributed by atoms with Gasteiger partial charge in [0.15, 0.2) is 5.58 Å². The topological polar surface area (TPSA) is 50.4 Å². The average Bonchev–Trinajstić information content (AvgIpc) is 2.79. The minimum atomic E-state index is -1.15. The predicted octanol–water partition coefficient (Wildman–Crippen LogP) is 5.10. The number of carboxylic acids is 1. The minimum Gasteiger partial charge on any atom is -0.475 e. The lowest BCUT2D eigenvalue weighted by Crippen LogP contribution is -1.95. The lowest BCUT2D eigenvalue weighted by molar-refractivity contribution is 0.0666. The molecule has 0 saturated heterocycles. The predicted molar refractivity (Wildman–Crippen MR) is 78.6 cm³/mol. The smallest absolute Gasteiger partial charge is 0.372 e. The van der Waals surface area contributed by atoms with Gasteiger partial charge in [-0.15, -0.1) is 0 Å². The van der Waals surface area contributed by atoms with Gasteiger partial charge in [0.25, 0.3) is 0 Å². The molecule has 0 bridgehead atoms. The Bertz CT molecular complexity index is 807. The third-order valence-electron chi connectivity index (χ3n) is 2.97. The van der Waals surface area contributed by atoms with Crippen molar-refractivity contribution in [3.8, 4) is 11.1 Å². The quantitative estimate of drug-likeness (QED) is 0.716. The molecule has 1 N–H and O–H groups in total. The van der Waals surface area contributed by atoms with Gasteiger partial charge >= 0.3 is 5.97 Å². The van der Waals surface area contributed by atoms with E-state index in [0.717, 1.165) is 5.56 Å². The summed E-state index contributed by atoms with van der Waals surface area (Å²) in [4.78, 5) is 11.4. The normalized spacial score (nSPS) is 10.9. The molecule has 3 nitrogen and oxygen atoms in total. The minimum absolute atomic E-state index is 0.143. The summed E-state index contributed by atoms with van der Waals surface area (Å²) in [7, 11) is 0. The summed E-state index contributed by atoms with van der Waals surface area (Å²) >= 11 is 12.1. The van der Waals surface area contributed by atoms with Crippen LogP contribution in [0, 0.1) is 0 Å². The van der Waals surface area contributed by atoms with E-state index in [9.17, 15) is 9.90 Å². The summed E-state index contributed by atoms with van der Waals surface area (Å²) in [6.45, 7) is 0. The van der Waals surface area contributed by atoms with Crippen molar-refractivity contribution in [2.45, 2.75) is 0 Å². The second kappa shape index (κ2) is 4.85. The molecule has 0 aliphatic heterocycles. The summed E-state index contributed by atoms with van der Waals surface area (Å²) in [6, 6.07) is 12.3. The highest BCUT2D eigenvalue weighted by atomic mass is 35.5. The Hall–Kier alpha value is -1.97. The summed E-state index contributed by atoms with van der Waals surface area (Å²) in [6.07, 6.45) is 0. The molecule has 20 heavy (non-hydrogen) atoms. The molecule has 1 heterocycles. The average molecular weight is 307 g/mol. The highest BCUT2D eigenvalue weighted by Gasteiger charge is 2.23. The van der Waals surface area contributed by atoms with Gasteiger partial charge in [0.2, 0.25) is 5.76 Å². The van der Waals surface area contributed by atoms with Gasteiger partial charge in [-0.1, -0.05) is 53.5 Å². The third kappa shape index (κ3) is 2.05. The molecule has 5 heteroatoms. The molecule has 3 aromatic rings. The Labute approximate surface area is 124 Å². The molecule has 1 aromatic heterocycles. The molecule has 0 amide bonds. The number of benzene rings is 2. The monoisotopic (exact) mass is 306 g/mol. The maximum atomic E-state index is 11.4. The standard InChI is InChI=1S/C15H8Cl2O3/c16-9-6-10-12(8-4-2-1-3-5-8)14(15(18)19)20-13(10)11(17)7-9/h1-7H,(H,18,19). The first-order valence-electron chi connectivity index (χ1n) is 5.78. The largest absolute Gasteiger partial charge is 0.475 e. The van der Waals surface area contributed by atoms with Crippen molar-refractivity contribution in [1.82, 2.24) is 0 Å². The number of carboxylic acid groups (broad SMARTS) is 1.